The van der Waals surface area contributed by atoms with Gasteiger partial charge in [0.1, 0.15) is 11.7 Å². The molecule has 32 heavy (non-hydrogen) atoms. The topological polar surface area (TPSA) is 112 Å². The van der Waals surface area contributed by atoms with Crippen LogP contribution in [-0.4, -0.2) is 45.6 Å². The summed E-state index contributed by atoms with van der Waals surface area (Å²) < 4.78 is 0. The summed E-state index contributed by atoms with van der Waals surface area (Å²) >= 11 is 6.02. The molecular weight excluding hydrogens is 434 g/mol. The van der Waals surface area contributed by atoms with Crippen molar-refractivity contribution in [1.29, 1.82) is 0 Å². The number of halogens is 1. The van der Waals surface area contributed by atoms with Crippen molar-refractivity contribution in [2.75, 3.05) is 6.54 Å². The first-order valence-electron chi connectivity index (χ1n) is 10.2. The minimum atomic E-state index is -1.03. The van der Waals surface area contributed by atoms with E-state index in [1.165, 1.54) is 5.06 Å². The highest BCUT2D eigenvalue weighted by atomic mass is 35.5. The third-order valence-corrected chi connectivity index (χ3v) is 5.65. The van der Waals surface area contributed by atoms with Crippen LogP contribution in [0.3, 0.4) is 0 Å². The van der Waals surface area contributed by atoms with Gasteiger partial charge in [-0.15, -0.1) is 5.06 Å². The lowest BCUT2D eigenvalue weighted by Crippen LogP contribution is -2.39. The predicted octanol–water partition coefficient (Wildman–Crippen LogP) is 3.69. The summed E-state index contributed by atoms with van der Waals surface area (Å²) in [4.78, 5) is 45.3. The van der Waals surface area contributed by atoms with Gasteiger partial charge in [0, 0.05) is 22.5 Å². The SMILES string of the molecule is O=C(C[C@@H](NC(=O)c1cc2cc(Cl)ccc2[nH]1)c1ccccc1)ON1CCC[C@H]1C(=O)O. The first-order valence-corrected chi connectivity index (χ1v) is 10.6. The third-order valence-electron chi connectivity index (χ3n) is 5.41. The fourth-order valence-corrected chi connectivity index (χ4v) is 4.01. The van der Waals surface area contributed by atoms with Crippen LogP contribution in [0.15, 0.2) is 54.6 Å². The largest absolute Gasteiger partial charge is 0.480 e. The van der Waals surface area contributed by atoms with Gasteiger partial charge >= 0.3 is 11.9 Å². The molecule has 0 radical (unpaired) electrons. The number of hydroxylamine groups is 2. The molecule has 0 unspecified atom stereocenters. The Balaban J connectivity index is 1.49. The van der Waals surface area contributed by atoms with Crippen LogP contribution in [0.1, 0.15) is 41.4 Å². The van der Waals surface area contributed by atoms with Crippen LogP contribution in [-0.2, 0) is 14.4 Å². The Hall–Kier alpha value is -3.36. The molecule has 2 atom stereocenters. The summed E-state index contributed by atoms with van der Waals surface area (Å²) in [6.45, 7) is 0.364. The Labute approximate surface area is 189 Å². The van der Waals surface area contributed by atoms with Gasteiger partial charge in [0.25, 0.3) is 5.91 Å². The van der Waals surface area contributed by atoms with Crippen molar-refractivity contribution in [3.63, 3.8) is 0 Å². The quantitative estimate of drug-likeness (QED) is 0.501. The number of carboxylic acids is 1. The summed E-state index contributed by atoms with van der Waals surface area (Å²) in [5.74, 6) is -2.03. The average molecular weight is 456 g/mol. The van der Waals surface area contributed by atoms with Crippen molar-refractivity contribution in [3.05, 3.63) is 70.9 Å². The van der Waals surface area contributed by atoms with Crippen LogP contribution in [0.25, 0.3) is 10.9 Å². The molecule has 1 aliphatic rings. The number of carbonyl (C=O) groups is 3. The lowest BCUT2D eigenvalue weighted by Gasteiger charge is -2.22. The maximum Gasteiger partial charge on any atom is 0.327 e. The van der Waals surface area contributed by atoms with E-state index in [0.717, 1.165) is 16.5 Å². The van der Waals surface area contributed by atoms with Gasteiger partial charge in [-0.05, 0) is 42.7 Å². The number of rotatable bonds is 7. The van der Waals surface area contributed by atoms with E-state index >= 15 is 0 Å². The second-order valence-electron chi connectivity index (χ2n) is 7.66. The van der Waals surface area contributed by atoms with Gasteiger partial charge in [-0.1, -0.05) is 41.9 Å². The van der Waals surface area contributed by atoms with E-state index in [1.54, 1.807) is 36.4 Å². The first-order chi connectivity index (χ1) is 15.4. The number of hydrogen-bond donors (Lipinski definition) is 3. The Kier molecular flexibility index (Phi) is 6.43. The second-order valence-corrected chi connectivity index (χ2v) is 8.09. The molecule has 0 spiro atoms. The second kappa shape index (κ2) is 9.42. The molecule has 1 amide bonds. The highest BCUT2D eigenvalue weighted by Crippen LogP contribution is 2.23. The Morgan fingerprint density at radius 2 is 1.97 bits per heavy atom. The molecule has 4 rings (SSSR count). The first kappa shape index (κ1) is 21.9. The minimum absolute atomic E-state index is 0.148. The van der Waals surface area contributed by atoms with Gasteiger partial charge in [-0.25, -0.2) is 0 Å². The summed E-state index contributed by atoms with van der Waals surface area (Å²) in [6, 6.07) is 14.5. The number of nitrogens with one attached hydrogen (secondary N) is 2. The van der Waals surface area contributed by atoms with Gasteiger partial charge in [0.15, 0.2) is 0 Å². The summed E-state index contributed by atoms with van der Waals surface area (Å²) in [5.41, 5.74) is 1.83. The molecule has 0 saturated carbocycles. The van der Waals surface area contributed by atoms with E-state index in [0.29, 0.717) is 30.1 Å². The van der Waals surface area contributed by atoms with Gasteiger partial charge < -0.3 is 20.2 Å². The average Bonchev–Trinajstić information content (AvgIpc) is 3.40. The number of fused-ring (bicyclic) bond motifs is 1. The number of H-pyrrole nitrogens is 1. The molecule has 2 heterocycles. The summed E-state index contributed by atoms with van der Waals surface area (Å²) in [6.07, 6.45) is 0.907. The number of aromatic nitrogens is 1. The predicted molar refractivity (Wildman–Crippen MR) is 118 cm³/mol. The van der Waals surface area contributed by atoms with E-state index in [9.17, 15) is 19.5 Å². The molecular formula is C23H22ClN3O5. The number of carbonyl (C=O) groups excluding carboxylic acids is 2. The molecule has 0 aliphatic carbocycles. The number of aliphatic carboxylic acids is 1. The van der Waals surface area contributed by atoms with Crippen molar-refractivity contribution in [3.8, 4) is 0 Å². The van der Waals surface area contributed by atoms with Crippen LogP contribution in [0.2, 0.25) is 5.02 Å². The molecule has 166 valence electrons. The number of benzene rings is 2. The number of aromatic amines is 1. The lowest BCUT2D eigenvalue weighted by atomic mass is 10.0. The molecule has 8 nitrogen and oxygen atoms in total. The maximum atomic E-state index is 12.9. The molecule has 1 aromatic heterocycles. The van der Waals surface area contributed by atoms with Gasteiger partial charge in [0.2, 0.25) is 0 Å². The molecule has 0 bridgehead atoms. The van der Waals surface area contributed by atoms with E-state index in [1.807, 2.05) is 18.2 Å². The van der Waals surface area contributed by atoms with Crippen molar-refractivity contribution < 1.29 is 24.3 Å². The number of nitrogens with zero attached hydrogens (tertiary/aromatic N) is 1. The normalized spacial score (nSPS) is 17.2. The monoisotopic (exact) mass is 455 g/mol. The Bertz CT molecular complexity index is 1150. The smallest absolute Gasteiger partial charge is 0.327 e. The van der Waals surface area contributed by atoms with Crippen molar-refractivity contribution in [2.45, 2.75) is 31.3 Å². The number of carboxylic acid groups (broad SMARTS) is 1. The van der Waals surface area contributed by atoms with Gasteiger partial charge in [-0.2, -0.15) is 0 Å². The maximum absolute atomic E-state index is 12.9. The van der Waals surface area contributed by atoms with Crippen LogP contribution in [0.4, 0.5) is 0 Å². The zero-order valence-corrected chi connectivity index (χ0v) is 17.8. The van der Waals surface area contributed by atoms with Gasteiger partial charge in [-0.3, -0.25) is 14.4 Å². The zero-order chi connectivity index (χ0) is 22.7. The lowest BCUT2D eigenvalue weighted by molar-refractivity contribution is -0.199. The summed E-state index contributed by atoms with van der Waals surface area (Å²) in [5, 5.41) is 14.7. The van der Waals surface area contributed by atoms with Crippen molar-refractivity contribution >= 4 is 40.3 Å². The van der Waals surface area contributed by atoms with Crippen LogP contribution >= 0.6 is 11.6 Å². The fourth-order valence-electron chi connectivity index (χ4n) is 3.83. The van der Waals surface area contributed by atoms with Crippen LogP contribution < -0.4 is 5.32 Å². The van der Waals surface area contributed by atoms with E-state index in [2.05, 4.69) is 10.3 Å². The minimum Gasteiger partial charge on any atom is -0.480 e. The van der Waals surface area contributed by atoms with Gasteiger partial charge in [0.05, 0.1) is 12.5 Å². The standard InChI is InChI=1S/C23H22ClN3O5/c24-16-8-9-17-15(11-16)12-19(25-17)22(29)26-18(14-5-2-1-3-6-14)13-21(28)32-27-10-4-7-20(27)23(30)31/h1-3,5-6,8-9,11-12,18,20,25H,4,7,10,13H2,(H,26,29)(H,30,31)/t18-,20+/m1/s1. The zero-order valence-electron chi connectivity index (χ0n) is 17.1. The number of amides is 1. The van der Waals surface area contributed by atoms with Crippen molar-refractivity contribution in [2.24, 2.45) is 0 Å². The Morgan fingerprint density at radius 1 is 1.19 bits per heavy atom. The molecule has 1 aliphatic heterocycles. The summed E-state index contributed by atoms with van der Waals surface area (Å²) in [7, 11) is 0. The highest BCUT2D eigenvalue weighted by Gasteiger charge is 2.34. The van der Waals surface area contributed by atoms with E-state index in [-0.39, 0.29) is 12.3 Å². The molecule has 3 aromatic rings. The molecule has 9 heteroatoms. The van der Waals surface area contributed by atoms with E-state index < -0.39 is 24.0 Å². The molecule has 2 aromatic carbocycles. The highest BCUT2D eigenvalue weighted by molar-refractivity contribution is 6.31. The molecule has 3 N–H and O–H groups in total. The fraction of sp³-hybridized carbons (Fsp3) is 0.261. The third kappa shape index (κ3) is 4.92. The number of hydrogen-bond acceptors (Lipinski definition) is 5. The van der Waals surface area contributed by atoms with Crippen molar-refractivity contribution in [1.82, 2.24) is 15.4 Å². The van der Waals surface area contributed by atoms with Crippen LogP contribution in [0.5, 0.6) is 0 Å². The molecule has 1 saturated heterocycles. The van der Waals surface area contributed by atoms with Crippen LogP contribution in [0, 0.1) is 0 Å². The Morgan fingerprint density at radius 3 is 2.72 bits per heavy atom. The van der Waals surface area contributed by atoms with E-state index in [4.69, 9.17) is 16.4 Å². The molecule has 1 fully saturated rings.